The Labute approximate surface area is 103 Å². The standard InChI is InChI=1S/C11H24N6/c1-16(2)8-9-17(3)10-4-7-14-11(13,15-10)5-6-12/h4,7,15H,5-6,8-9,12-13H2,1-3H3. The van der Waals surface area contributed by atoms with Crippen molar-refractivity contribution in [1.82, 2.24) is 15.1 Å². The predicted molar refractivity (Wildman–Crippen MR) is 71.5 cm³/mol. The third-order valence-electron chi connectivity index (χ3n) is 2.70. The van der Waals surface area contributed by atoms with E-state index in [1.165, 1.54) is 0 Å². The second-order valence-corrected chi connectivity index (χ2v) is 4.64. The monoisotopic (exact) mass is 240 g/mol. The Kier molecular flexibility index (Phi) is 4.92. The van der Waals surface area contributed by atoms with E-state index in [4.69, 9.17) is 11.5 Å². The molecular formula is C11H24N6. The summed E-state index contributed by atoms with van der Waals surface area (Å²) in [5, 5.41) is 3.22. The zero-order chi connectivity index (χ0) is 12.9. The molecule has 17 heavy (non-hydrogen) atoms. The Hall–Kier alpha value is -1.11. The molecule has 0 saturated carbocycles. The molecule has 6 nitrogen and oxygen atoms in total. The first-order chi connectivity index (χ1) is 7.97. The quantitative estimate of drug-likeness (QED) is 0.552. The van der Waals surface area contributed by atoms with Crippen molar-refractivity contribution in [3.63, 3.8) is 0 Å². The van der Waals surface area contributed by atoms with Gasteiger partial charge in [-0.25, -0.2) is 0 Å². The van der Waals surface area contributed by atoms with Crippen molar-refractivity contribution < 1.29 is 0 Å². The van der Waals surface area contributed by atoms with E-state index < -0.39 is 5.79 Å². The van der Waals surface area contributed by atoms with Crippen LogP contribution in [0.25, 0.3) is 0 Å². The van der Waals surface area contributed by atoms with Crippen LogP contribution in [0.3, 0.4) is 0 Å². The van der Waals surface area contributed by atoms with Gasteiger partial charge in [0.05, 0.1) is 0 Å². The number of likely N-dealkylation sites (N-methyl/N-ethyl adjacent to an activating group) is 2. The molecule has 1 aliphatic heterocycles. The molecule has 0 aromatic rings. The molecular weight excluding hydrogens is 216 g/mol. The molecule has 5 N–H and O–H groups in total. The summed E-state index contributed by atoms with van der Waals surface area (Å²) >= 11 is 0. The van der Waals surface area contributed by atoms with Crippen LogP contribution in [-0.2, 0) is 0 Å². The van der Waals surface area contributed by atoms with Crippen LogP contribution in [0.15, 0.2) is 16.9 Å². The minimum absolute atomic E-state index is 0.509. The molecule has 98 valence electrons. The van der Waals surface area contributed by atoms with Gasteiger partial charge in [0.1, 0.15) is 5.82 Å². The summed E-state index contributed by atoms with van der Waals surface area (Å²) in [4.78, 5) is 8.50. The minimum atomic E-state index is -0.759. The summed E-state index contributed by atoms with van der Waals surface area (Å²) in [7, 11) is 6.14. The van der Waals surface area contributed by atoms with Crippen molar-refractivity contribution >= 4 is 6.21 Å². The van der Waals surface area contributed by atoms with Gasteiger partial charge in [0.2, 0.25) is 0 Å². The maximum atomic E-state index is 6.09. The first-order valence-corrected chi connectivity index (χ1v) is 5.85. The van der Waals surface area contributed by atoms with Crippen LogP contribution in [0.1, 0.15) is 6.42 Å². The first kappa shape index (κ1) is 14.0. The number of nitrogens with zero attached hydrogens (tertiary/aromatic N) is 3. The molecule has 1 unspecified atom stereocenters. The second kappa shape index (κ2) is 6.00. The van der Waals surface area contributed by atoms with Gasteiger partial charge in [-0.2, -0.15) is 0 Å². The topological polar surface area (TPSA) is 82.9 Å². The maximum absolute atomic E-state index is 6.09. The SMILES string of the molecule is CN(C)CCN(C)C1=CC=NC(N)(CCN)N1. The Morgan fingerprint density at radius 2 is 2.06 bits per heavy atom. The van der Waals surface area contributed by atoms with Gasteiger partial charge >= 0.3 is 0 Å². The summed E-state index contributed by atoms with van der Waals surface area (Å²) in [6.07, 6.45) is 4.29. The van der Waals surface area contributed by atoms with Crippen molar-refractivity contribution in [2.24, 2.45) is 16.5 Å². The lowest BCUT2D eigenvalue weighted by Crippen LogP contribution is -2.56. The minimum Gasteiger partial charge on any atom is -0.360 e. The number of rotatable bonds is 6. The Morgan fingerprint density at radius 1 is 1.35 bits per heavy atom. The molecule has 1 heterocycles. The summed E-state index contributed by atoms with van der Waals surface area (Å²) in [5.41, 5.74) is 11.6. The average molecular weight is 240 g/mol. The lowest BCUT2D eigenvalue weighted by atomic mass is 10.2. The van der Waals surface area contributed by atoms with E-state index in [-0.39, 0.29) is 0 Å². The van der Waals surface area contributed by atoms with E-state index in [1.54, 1.807) is 6.21 Å². The molecule has 1 rings (SSSR count). The van der Waals surface area contributed by atoms with E-state index in [1.807, 2.05) is 13.1 Å². The Morgan fingerprint density at radius 3 is 2.65 bits per heavy atom. The van der Waals surface area contributed by atoms with Crippen molar-refractivity contribution in [1.29, 1.82) is 0 Å². The van der Waals surface area contributed by atoms with Crippen LogP contribution in [0, 0.1) is 0 Å². The maximum Gasteiger partial charge on any atom is 0.184 e. The highest BCUT2D eigenvalue weighted by atomic mass is 15.4. The van der Waals surface area contributed by atoms with Gasteiger partial charge in [-0.05, 0) is 26.7 Å². The molecule has 0 fully saturated rings. The molecule has 6 heteroatoms. The van der Waals surface area contributed by atoms with E-state index >= 15 is 0 Å². The van der Waals surface area contributed by atoms with Crippen molar-refractivity contribution in [3.05, 3.63) is 11.9 Å². The number of hydrogen-bond donors (Lipinski definition) is 3. The van der Waals surface area contributed by atoms with Crippen molar-refractivity contribution in [2.75, 3.05) is 40.8 Å². The molecule has 0 aliphatic carbocycles. The number of aliphatic imine (C=N–C) groups is 1. The molecule has 0 saturated heterocycles. The third kappa shape index (κ3) is 4.33. The van der Waals surface area contributed by atoms with Crippen LogP contribution in [0.4, 0.5) is 0 Å². The Balaban J connectivity index is 2.55. The number of hydrogen-bond acceptors (Lipinski definition) is 6. The van der Waals surface area contributed by atoms with Gasteiger partial charge in [-0.15, -0.1) is 0 Å². The van der Waals surface area contributed by atoms with E-state index in [0.717, 1.165) is 18.9 Å². The molecule has 1 atom stereocenters. The van der Waals surface area contributed by atoms with Crippen LogP contribution in [-0.4, -0.2) is 62.6 Å². The smallest absolute Gasteiger partial charge is 0.184 e. The highest BCUT2D eigenvalue weighted by molar-refractivity contribution is 5.73. The van der Waals surface area contributed by atoms with E-state index in [0.29, 0.717) is 13.0 Å². The van der Waals surface area contributed by atoms with E-state index in [2.05, 4.69) is 34.2 Å². The average Bonchev–Trinajstić information content (AvgIpc) is 2.25. The molecule has 0 aromatic carbocycles. The van der Waals surface area contributed by atoms with Gasteiger partial charge in [0.15, 0.2) is 5.79 Å². The fraction of sp³-hybridized carbons (Fsp3) is 0.727. The Bertz CT molecular complexity index is 298. The fourth-order valence-electron chi connectivity index (χ4n) is 1.58. The van der Waals surface area contributed by atoms with Gasteiger partial charge in [0.25, 0.3) is 0 Å². The number of nitrogens with one attached hydrogen (secondary N) is 1. The van der Waals surface area contributed by atoms with Gasteiger partial charge < -0.3 is 20.9 Å². The predicted octanol–water partition coefficient (Wildman–Crippen LogP) is -1.04. The lowest BCUT2D eigenvalue weighted by Gasteiger charge is -2.35. The van der Waals surface area contributed by atoms with Crippen LogP contribution in [0.5, 0.6) is 0 Å². The second-order valence-electron chi connectivity index (χ2n) is 4.64. The molecule has 0 amide bonds. The fourth-order valence-corrected chi connectivity index (χ4v) is 1.58. The first-order valence-electron chi connectivity index (χ1n) is 5.85. The van der Waals surface area contributed by atoms with Crippen LogP contribution in [0.2, 0.25) is 0 Å². The highest BCUT2D eigenvalue weighted by Gasteiger charge is 2.26. The van der Waals surface area contributed by atoms with Crippen molar-refractivity contribution in [2.45, 2.75) is 12.2 Å². The largest absolute Gasteiger partial charge is 0.360 e. The van der Waals surface area contributed by atoms with Crippen LogP contribution >= 0.6 is 0 Å². The van der Waals surface area contributed by atoms with Gasteiger partial charge in [-0.3, -0.25) is 10.7 Å². The van der Waals surface area contributed by atoms with Gasteiger partial charge in [0, 0.05) is 32.8 Å². The zero-order valence-electron chi connectivity index (χ0n) is 11.0. The summed E-state index contributed by atoms with van der Waals surface area (Å²) in [5.74, 6) is 0.225. The summed E-state index contributed by atoms with van der Waals surface area (Å²) < 4.78 is 0. The van der Waals surface area contributed by atoms with Crippen molar-refractivity contribution in [3.8, 4) is 0 Å². The normalized spacial score (nSPS) is 23.5. The molecule has 0 spiro atoms. The van der Waals surface area contributed by atoms with E-state index in [9.17, 15) is 0 Å². The number of allylic oxidation sites excluding steroid dienone is 1. The molecule has 1 aliphatic rings. The zero-order valence-corrected chi connectivity index (χ0v) is 11.0. The third-order valence-corrected chi connectivity index (χ3v) is 2.70. The molecule has 0 bridgehead atoms. The highest BCUT2D eigenvalue weighted by Crippen LogP contribution is 2.12. The summed E-state index contributed by atoms with van der Waals surface area (Å²) in [6.45, 7) is 2.43. The number of nitrogens with two attached hydrogens (primary N) is 2. The molecule has 0 aromatic heterocycles. The van der Waals surface area contributed by atoms with Gasteiger partial charge in [-0.1, -0.05) is 0 Å². The molecule has 0 radical (unpaired) electrons. The summed E-state index contributed by atoms with van der Waals surface area (Å²) in [6, 6.07) is 0. The lowest BCUT2D eigenvalue weighted by molar-refractivity contribution is 0.267. The van der Waals surface area contributed by atoms with Crippen LogP contribution < -0.4 is 16.8 Å².